The van der Waals surface area contributed by atoms with E-state index in [1.807, 2.05) is 0 Å². The van der Waals surface area contributed by atoms with Crippen LogP contribution in [0.3, 0.4) is 0 Å². The number of carbonyl (C=O) groups excluding carboxylic acids is 2. The first-order chi connectivity index (χ1) is 7.69. The van der Waals surface area contributed by atoms with E-state index in [2.05, 4.69) is 9.72 Å². The van der Waals surface area contributed by atoms with Gasteiger partial charge >= 0.3 is 5.97 Å². The van der Waals surface area contributed by atoms with Crippen LogP contribution in [0, 0.1) is 0 Å². The molecular weight excluding hydrogens is 208 g/mol. The summed E-state index contributed by atoms with van der Waals surface area (Å²) in [6, 6.07) is 5.07. The van der Waals surface area contributed by atoms with Crippen LogP contribution in [0.1, 0.15) is 17.4 Å². The lowest BCUT2D eigenvalue weighted by Gasteiger charge is -2.18. The molecule has 0 unspecified atom stereocenters. The Morgan fingerprint density at radius 2 is 2.19 bits per heavy atom. The number of hydrogen-bond donors (Lipinski definition) is 0. The fourth-order valence-corrected chi connectivity index (χ4v) is 1.20. The molecule has 1 aromatic heterocycles. The van der Waals surface area contributed by atoms with Gasteiger partial charge in [-0.15, -0.1) is 0 Å². The average Bonchev–Trinajstić information content (AvgIpc) is 2.35. The maximum atomic E-state index is 11.9. The smallest absolute Gasteiger partial charge is 0.325 e. The van der Waals surface area contributed by atoms with Gasteiger partial charge in [0.2, 0.25) is 0 Å². The third kappa shape index (κ3) is 3.05. The molecule has 5 heteroatoms. The van der Waals surface area contributed by atoms with Gasteiger partial charge in [0.1, 0.15) is 12.2 Å². The number of pyridine rings is 1. The van der Waals surface area contributed by atoms with Crippen molar-refractivity contribution >= 4 is 11.9 Å². The number of methoxy groups -OCH3 is 1. The number of ether oxygens (including phenoxy) is 1. The summed E-state index contributed by atoms with van der Waals surface area (Å²) in [4.78, 5) is 28.3. The summed E-state index contributed by atoms with van der Waals surface area (Å²) in [5, 5.41) is 0. The zero-order chi connectivity index (χ0) is 12.0. The molecule has 1 aromatic rings. The summed E-state index contributed by atoms with van der Waals surface area (Å²) >= 11 is 0. The number of esters is 1. The van der Waals surface area contributed by atoms with Crippen molar-refractivity contribution in [2.24, 2.45) is 0 Å². The van der Waals surface area contributed by atoms with Crippen LogP contribution in [0.25, 0.3) is 0 Å². The second kappa shape index (κ2) is 5.85. The molecule has 0 radical (unpaired) electrons. The van der Waals surface area contributed by atoms with Crippen LogP contribution >= 0.6 is 0 Å². The minimum Gasteiger partial charge on any atom is -0.468 e. The fourth-order valence-electron chi connectivity index (χ4n) is 1.20. The molecule has 0 spiro atoms. The van der Waals surface area contributed by atoms with Gasteiger partial charge in [-0.05, 0) is 19.1 Å². The van der Waals surface area contributed by atoms with Crippen molar-refractivity contribution in [3.05, 3.63) is 30.1 Å². The average molecular weight is 222 g/mol. The molecule has 16 heavy (non-hydrogen) atoms. The Kier molecular flexibility index (Phi) is 4.44. The first-order valence-electron chi connectivity index (χ1n) is 4.96. The second-order valence-electron chi connectivity index (χ2n) is 3.11. The first kappa shape index (κ1) is 12.2. The third-order valence-electron chi connectivity index (χ3n) is 2.10. The topological polar surface area (TPSA) is 59.5 Å². The van der Waals surface area contributed by atoms with Gasteiger partial charge in [0.05, 0.1) is 7.11 Å². The van der Waals surface area contributed by atoms with Crippen LogP contribution in [0.2, 0.25) is 0 Å². The maximum Gasteiger partial charge on any atom is 0.325 e. The monoisotopic (exact) mass is 222 g/mol. The lowest BCUT2D eigenvalue weighted by atomic mass is 10.3. The number of likely N-dealkylation sites (N-methyl/N-ethyl adjacent to an activating group) is 1. The standard InChI is InChI=1S/C11H14N2O3/c1-3-13(8-10(14)16-2)11(15)9-6-4-5-7-12-9/h4-7H,3,8H2,1-2H3. The highest BCUT2D eigenvalue weighted by atomic mass is 16.5. The van der Waals surface area contributed by atoms with E-state index in [1.54, 1.807) is 31.3 Å². The van der Waals surface area contributed by atoms with Gasteiger partial charge in [-0.2, -0.15) is 0 Å². The van der Waals surface area contributed by atoms with E-state index in [1.165, 1.54) is 12.0 Å². The number of aromatic nitrogens is 1. The lowest BCUT2D eigenvalue weighted by Crippen LogP contribution is -2.36. The molecule has 5 nitrogen and oxygen atoms in total. The van der Waals surface area contributed by atoms with Crippen molar-refractivity contribution in [1.29, 1.82) is 0 Å². The molecule has 0 aromatic carbocycles. The zero-order valence-corrected chi connectivity index (χ0v) is 9.34. The zero-order valence-electron chi connectivity index (χ0n) is 9.34. The molecule has 0 N–H and O–H groups in total. The van der Waals surface area contributed by atoms with E-state index in [4.69, 9.17) is 0 Å². The molecule has 1 amide bonds. The van der Waals surface area contributed by atoms with E-state index < -0.39 is 5.97 Å². The molecule has 0 saturated heterocycles. The maximum absolute atomic E-state index is 11.9. The first-order valence-corrected chi connectivity index (χ1v) is 4.96. The summed E-state index contributed by atoms with van der Waals surface area (Å²) in [6.45, 7) is 2.18. The van der Waals surface area contributed by atoms with E-state index in [-0.39, 0.29) is 12.5 Å². The Hall–Kier alpha value is -1.91. The Bertz CT molecular complexity index is 365. The molecule has 0 saturated carbocycles. The molecule has 0 aliphatic heterocycles. The van der Waals surface area contributed by atoms with E-state index >= 15 is 0 Å². The van der Waals surface area contributed by atoms with Gasteiger partial charge in [0, 0.05) is 12.7 Å². The summed E-state index contributed by atoms with van der Waals surface area (Å²) in [5.74, 6) is -0.709. The molecular formula is C11H14N2O3. The van der Waals surface area contributed by atoms with Gasteiger partial charge in [-0.1, -0.05) is 6.07 Å². The van der Waals surface area contributed by atoms with Crippen molar-refractivity contribution in [2.75, 3.05) is 20.2 Å². The number of amides is 1. The van der Waals surface area contributed by atoms with Crippen molar-refractivity contribution < 1.29 is 14.3 Å². The predicted octanol–water partition coefficient (Wildman–Crippen LogP) is 0.717. The summed E-state index contributed by atoms with van der Waals surface area (Å²) in [6.07, 6.45) is 1.54. The Morgan fingerprint density at radius 3 is 2.69 bits per heavy atom. The number of carbonyl (C=O) groups is 2. The Morgan fingerprint density at radius 1 is 1.44 bits per heavy atom. The van der Waals surface area contributed by atoms with Crippen LogP contribution in [-0.2, 0) is 9.53 Å². The minimum absolute atomic E-state index is 0.0532. The van der Waals surface area contributed by atoms with E-state index in [9.17, 15) is 9.59 Å². The quantitative estimate of drug-likeness (QED) is 0.704. The van der Waals surface area contributed by atoms with Crippen LogP contribution in [-0.4, -0.2) is 42.0 Å². The molecule has 0 bridgehead atoms. The molecule has 0 atom stereocenters. The number of nitrogens with zero attached hydrogens (tertiary/aromatic N) is 2. The molecule has 0 fully saturated rings. The van der Waals surface area contributed by atoms with E-state index in [0.717, 1.165) is 0 Å². The van der Waals surface area contributed by atoms with Gasteiger partial charge in [0.25, 0.3) is 5.91 Å². The highest BCUT2D eigenvalue weighted by molar-refractivity contribution is 5.94. The van der Waals surface area contributed by atoms with Crippen molar-refractivity contribution in [3.63, 3.8) is 0 Å². The Labute approximate surface area is 94.0 Å². The van der Waals surface area contributed by atoms with Crippen LogP contribution < -0.4 is 0 Å². The summed E-state index contributed by atoms with van der Waals surface area (Å²) in [5.41, 5.74) is 0.327. The molecule has 1 rings (SSSR count). The van der Waals surface area contributed by atoms with Crippen LogP contribution in [0.4, 0.5) is 0 Å². The molecule has 0 aliphatic rings. The number of rotatable bonds is 4. The van der Waals surface area contributed by atoms with Crippen LogP contribution in [0.15, 0.2) is 24.4 Å². The largest absolute Gasteiger partial charge is 0.468 e. The highest BCUT2D eigenvalue weighted by Gasteiger charge is 2.17. The minimum atomic E-state index is -0.439. The van der Waals surface area contributed by atoms with Gasteiger partial charge in [-0.25, -0.2) is 0 Å². The van der Waals surface area contributed by atoms with Crippen molar-refractivity contribution in [3.8, 4) is 0 Å². The SMILES string of the molecule is CCN(CC(=O)OC)C(=O)c1ccccn1. The number of hydrogen-bond acceptors (Lipinski definition) is 4. The van der Waals surface area contributed by atoms with Gasteiger partial charge < -0.3 is 9.64 Å². The normalized spacial score (nSPS) is 9.62. The van der Waals surface area contributed by atoms with Gasteiger partial charge in [-0.3, -0.25) is 14.6 Å². The van der Waals surface area contributed by atoms with Crippen molar-refractivity contribution in [1.82, 2.24) is 9.88 Å². The highest BCUT2D eigenvalue weighted by Crippen LogP contribution is 2.01. The second-order valence-corrected chi connectivity index (χ2v) is 3.11. The summed E-state index contributed by atoms with van der Waals surface area (Å²) in [7, 11) is 1.29. The lowest BCUT2D eigenvalue weighted by molar-refractivity contribution is -0.141. The predicted molar refractivity (Wildman–Crippen MR) is 57.8 cm³/mol. The van der Waals surface area contributed by atoms with E-state index in [0.29, 0.717) is 12.2 Å². The van der Waals surface area contributed by atoms with Gasteiger partial charge in [0.15, 0.2) is 0 Å². The molecule has 1 heterocycles. The molecule has 0 aliphatic carbocycles. The summed E-state index contributed by atoms with van der Waals surface area (Å²) < 4.78 is 4.52. The third-order valence-corrected chi connectivity index (χ3v) is 2.10. The van der Waals surface area contributed by atoms with Crippen LogP contribution in [0.5, 0.6) is 0 Å². The molecule has 86 valence electrons. The fraction of sp³-hybridized carbons (Fsp3) is 0.364. The Balaban J connectivity index is 2.74. The van der Waals surface area contributed by atoms with Crippen molar-refractivity contribution in [2.45, 2.75) is 6.92 Å².